The van der Waals surface area contributed by atoms with E-state index in [4.69, 9.17) is 0 Å². The molecule has 1 saturated heterocycles. The van der Waals surface area contributed by atoms with Crippen LogP contribution in [0.25, 0.3) is 0 Å². The minimum atomic E-state index is 0.663. The first-order valence-electron chi connectivity index (χ1n) is 7.73. The number of nitrogens with zero attached hydrogens (tertiary/aromatic N) is 1. The number of hydrogen-bond donors (Lipinski definition) is 1. The van der Waals surface area contributed by atoms with Crippen molar-refractivity contribution in [2.75, 3.05) is 31.1 Å². The van der Waals surface area contributed by atoms with Crippen LogP contribution >= 0.6 is 11.8 Å². The van der Waals surface area contributed by atoms with E-state index in [9.17, 15) is 0 Å². The molecule has 3 unspecified atom stereocenters. The Balaban J connectivity index is 2.23. The molecule has 0 saturated carbocycles. The first-order valence-corrected chi connectivity index (χ1v) is 8.89. The van der Waals surface area contributed by atoms with Gasteiger partial charge in [0, 0.05) is 18.6 Å². The van der Waals surface area contributed by atoms with E-state index in [2.05, 4.69) is 49.7 Å². The third kappa shape index (κ3) is 5.94. The van der Waals surface area contributed by atoms with Gasteiger partial charge in [-0.15, -0.1) is 0 Å². The molecule has 0 spiro atoms. The topological polar surface area (TPSA) is 15.3 Å². The van der Waals surface area contributed by atoms with Gasteiger partial charge in [0.2, 0.25) is 0 Å². The quantitative estimate of drug-likeness (QED) is 0.683. The average Bonchev–Trinajstić information content (AvgIpc) is 2.39. The normalized spacial score (nSPS) is 25.0. The summed E-state index contributed by atoms with van der Waals surface area (Å²) in [6.45, 7) is 13.1. The molecular formula is C15H32N2S. The highest BCUT2D eigenvalue weighted by atomic mass is 32.2. The Kier molecular flexibility index (Phi) is 8.36. The molecule has 0 aromatic carbocycles. The van der Waals surface area contributed by atoms with Crippen LogP contribution in [0.1, 0.15) is 47.0 Å². The number of nitrogens with one attached hydrogen (secondary N) is 1. The van der Waals surface area contributed by atoms with E-state index in [-0.39, 0.29) is 0 Å². The van der Waals surface area contributed by atoms with Crippen LogP contribution in [0.5, 0.6) is 0 Å². The van der Waals surface area contributed by atoms with Gasteiger partial charge in [-0.2, -0.15) is 11.8 Å². The monoisotopic (exact) mass is 272 g/mol. The van der Waals surface area contributed by atoms with Gasteiger partial charge in [0.25, 0.3) is 0 Å². The number of rotatable bonds is 8. The van der Waals surface area contributed by atoms with E-state index >= 15 is 0 Å². The van der Waals surface area contributed by atoms with Crippen LogP contribution in [0.2, 0.25) is 0 Å². The standard InChI is InChI=1S/C15H32N2S/c1-5-17-10-7-8-15(12-17)14(4)16-13(3)9-11-18-6-2/h13-16H,5-12H2,1-4H3. The Morgan fingerprint density at radius 1 is 1.33 bits per heavy atom. The number of likely N-dealkylation sites (tertiary alicyclic amines) is 1. The van der Waals surface area contributed by atoms with Gasteiger partial charge >= 0.3 is 0 Å². The van der Waals surface area contributed by atoms with Crippen LogP contribution in [0.15, 0.2) is 0 Å². The molecule has 1 heterocycles. The van der Waals surface area contributed by atoms with E-state index in [0.29, 0.717) is 12.1 Å². The predicted molar refractivity (Wildman–Crippen MR) is 84.5 cm³/mol. The van der Waals surface area contributed by atoms with Crippen molar-refractivity contribution < 1.29 is 0 Å². The van der Waals surface area contributed by atoms with E-state index in [1.54, 1.807) is 0 Å². The maximum atomic E-state index is 3.81. The molecule has 1 rings (SSSR count). The second-order valence-electron chi connectivity index (χ2n) is 5.64. The fraction of sp³-hybridized carbons (Fsp3) is 1.00. The van der Waals surface area contributed by atoms with E-state index in [0.717, 1.165) is 5.92 Å². The molecule has 1 aliphatic heterocycles. The molecule has 108 valence electrons. The third-order valence-corrected chi connectivity index (χ3v) is 5.08. The minimum absolute atomic E-state index is 0.663. The Bertz CT molecular complexity index is 211. The van der Waals surface area contributed by atoms with Crippen molar-refractivity contribution in [3.05, 3.63) is 0 Å². The van der Waals surface area contributed by atoms with Gasteiger partial charge in [0.15, 0.2) is 0 Å². The van der Waals surface area contributed by atoms with Crippen molar-refractivity contribution in [1.29, 1.82) is 0 Å². The van der Waals surface area contributed by atoms with Gasteiger partial charge in [-0.25, -0.2) is 0 Å². The molecule has 1 N–H and O–H groups in total. The highest BCUT2D eigenvalue weighted by Crippen LogP contribution is 2.20. The summed E-state index contributed by atoms with van der Waals surface area (Å²) in [5.41, 5.74) is 0. The van der Waals surface area contributed by atoms with Crippen LogP contribution in [0.4, 0.5) is 0 Å². The van der Waals surface area contributed by atoms with Gasteiger partial charge < -0.3 is 10.2 Å². The van der Waals surface area contributed by atoms with Gasteiger partial charge in [-0.05, 0) is 63.6 Å². The summed E-state index contributed by atoms with van der Waals surface area (Å²) in [5.74, 6) is 3.39. The molecule has 0 aromatic heterocycles. The van der Waals surface area contributed by atoms with Gasteiger partial charge in [-0.1, -0.05) is 13.8 Å². The van der Waals surface area contributed by atoms with Crippen molar-refractivity contribution in [1.82, 2.24) is 10.2 Å². The Hall–Kier alpha value is 0.270. The molecule has 3 heteroatoms. The zero-order valence-electron chi connectivity index (χ0n) is 12.7. The van der Waals surface area contributed by atoms with E-state index < -0.39 is 0 Å². The molecule has 18 heavy (non-hydrogen) atoms. The van der Waals surface area contributed by atoms with Crippen LogP contribution in [-0.2, 0) is 0 Å². The molecule has 3 atom stereocenters. The van der Waals surface area contributed by atoms with Crippen LogP contribution in [-0.4, -0.2) is 48.1 Å². The van der Waals surface area contributed by atoms with Crippen LogP contribution < -0.4 is 5.32 Å². The molecule has 2 nitrogen and oxygen atoms in total. The fourth-order valence-corrected chi connectivity index (χ4v) is 3.67. The number of hydrogen-bond acceptors (Lipinski definition) is 3. The largest absolute Gasteiger partial charge is 0.311 e. The number of piperidine rings is 1. The zero-order valence-corrected chi connectivity index (χ0v) is 13.6. The lowest BCUT2D eigenvalue weighted by molar-refractivity contribution is 0.153. The summed E-state index contributed by atoms with van der Waals surface area (Å²) in [6, 6.07) is 1.33. The molecule has 0 radical (unpaired) electrons. The van der Waals surface area contributed by atoms with Crippen molar-refractivity contribution in [3.8, 4) is 0 Å². The van der Waals surface area contributed by atoms with Crippen LogP contribution in [0.3, 0.4) is 0 Å². The average molecular weight is 273 g/mol. The highest BCUT2D eigenvalue weighted by molar-refractivity contribution is 7.99. The lowest BCUT2D eigenvalue weighted by Crippen LogP contribution is -2.46. The second kappa shape index (κ2) is 9.22. The predicted octanol–water partition coefficient (Wildman–Crippen LogP) is 3.23. The third-order valence-electron chi connectivity index (χ3n) is 4.14. The minimum Gasteiger partial charge on any atom is -0.311 e. The fourth-order valence-electron chi connectivity index (χ4n) is 2.86. The molecule has 1 aliphatic rings. The number of thioether (sulfide) groups is 1. The summed E-state index contributed by atoms with van der Waals surface area (Å²) < 4.78 is 0. The summed E-state index contributed by atoms with van der Waals surface area (Å²) in [6.07, 6.45) is 4.08. The summed E-state index contributed by atoms with van der Waals surface area (Å²) >= 11 is 2.05. The van der Waals surface area contributed by atoms with Gasteiger partial charge in [0.1, 0.15) is 0 Å². The van der Waals surface area contributed by atoms with Crippen LogP contribution in [0, 0.1) is 5.92 Å². The molecular weight excluding hydrogens is 240 g/mol. The van der Waals surface area contributed by atoms with E-state index in [1.165, 1.54) is 50.4 Å². The highest BCUT2D eigenvalue weighted by Gasteiger charge is 2.24. The molecule has 1 fully saturated rings. The SMILES string of the molecule is CCSCCC(C)NC(C)C1CCCN(CC)C1. The summed E-state index contributed by atoms with van der Waals surface area (Å²) in [4.78, 5) is 2.60. The maximum Gasteiger partial charge on any atom is 0.00816 e. The molecule has 0 aliphatic carbocycles. The zero-order chi connectivity index (χ0) is 13.4. The van der Waals surface area contributed by atoms with Crippen molar-refractivity contribution in [2.45, 2.75) is 59.0 Å². The van der Waals surface area contributed by atoms with Crippen molar-refractivity contribution in [2.24, 2.45) is 5.92 Å². The summed E-state index contributed by atoms with van der Waals surface area (Å²) in [5, 5.41) is 3.81. The lowest BCUT2D eigenvalue weighted by Gasteiger charge is -2.36. The lowest BCUT2D eigenvalue weighted by atomic mass is 9.91. The first kappa shape index (κ1) is 16.3. The summed E-state index contributed by atoms with van der Waals surface area (Å²) in [7, 11) is 0. The van der Waals surface area contributed by atoms with Gasteiger partial charge in [0.05, 0.1) is 0 Å². The second-order valence-corrected chi connectivity index (χ2v) is 7.03. The Labute approximate surface area is 118 Å². The molecule has 0 aromatic rings. The Morgan fingerprint density at radius 3 is 2.78 bits per heavy atom. The first-order chi connectivity index (χ1) is 8.67. The van der Waals surface area contributed by atoms with Crippen molar-refractivity contribution in [3.63, 3.8) is 0 Å². The van der Waals surface area contributed by atoms with Crippen molar-refractivity contribution >= 4 is 11.8 Å². The molecule has 0 amide bonds. The smallest absolute Gasteiger partial charge is 0.00816 e. The maximum absolute atomic E-state index is 3.81. The molecule has 0 bridgehead atoms. The Morgan fingerprint density at radius 2 is 2.11 bits per heavy atom. The van der Waals surface area contributed by atoms with Gasteiger partial charge in [-0.3, -0.25) is 0 Å². The van der Waals surface area contributed by atoms with E-state index in [1.807, 2.05) is 0 Å².